The summed E-state index contributed by atoms with van der Waals surface area (Å²) in [5, 5.41) is 10.5. The summed E-state index contributed by atoms with van der Waals surface area (Å²) in [7, 11) is 0. The predicted octanol–water partition coefficient (Wildman–Crippen LogP) is 2.56. The summed E-state index contributed by atoms with van der Waals surface area (Å²) < 4.78 is 0. The summed E-state index contributed by atoms with van der Waals surface area (Å²) in [4.78, 5) is 27.7. The molecule has 2 heterocycles. The molecule has 6 nitrogen and oxygen atoms in total. The van der Waals surface area contributed by atoms with Crippen LogP contribution in [0.3, 0.4) is 0 Å². The Kier molecular flexibility index (Phi) is 3.91. The molecule has 3 aromatic rings. The molecule has 0 radical (unpaired) electrons. The average molecular weight is 294 g/mol. The van der Waals surface area contributed by atoms with E-state index in [4.69, 9.17) is 0 Å². The fourth-order valence-electron chi connectivity index (χ4n) is 2.14. The quantitative estimate of drug-likeness (QED) is 0.708. The third-order valence-corrected chi connectivity index (χ3v) is 3.29. The molecule has 1 amide bonds. The molecule has 22 heavy (non-hydrogen) atoms. The molecule has 0 aliphatic rings. The normalized spacial score (nSPS) is 10.5. The number of fused-ring (bicyclic) bond motifs is 1. The van der Waals surface area contributed by atoms with E-state index < -0.39 is 0 Å². The number of H-pyrrole nitrogens is 1. The highest BCUT2D eigenvalue weighted by Gasteiger charge is 2.10. The molecular weight excluding hydrogens is 280 g/mol. The minimum atomic E-state index is -0.198. The fraction of sp³-hybridized carbons (Fsp3) is 0.125. The molecular formula is C16H14N4O2. The largest absolute Gasteiger partial charge is 0.326 e. The Labute approximate surface area is 126 Å². The number of rotatable bonds is 5. The van der Waals surface area contributed by atoms with E-state index in [-0.39, 0.29) is 24.5 Å². The van der Waals surface area contributed by atoms with Crippen LogP contribution in [0.25, 0.3) is 10.9 Å². The molecule has 6 heteroatoms. The van der Waals surface area contributed by atoms with Crippen LogP contribution in [0.4, 0.5) is 5.69 Å². The van der Waals surface area contributed by atoms with Crippen LogP contribution in [0.5, 0.6) is 0 Å². The van der Waals surface area contributed by atoms with E-state index in [1.807, 2.05) is 12.1 Å². The number of carbonyl (C=O) groups is 2. The molecule has 0 spiro atoms. The number of carbonyl (C=O) groups excluding carboxylic acids is 2. The Balaban J connectivity index is 1.57. The first-order chi connectivity index (χ1) is 10.7. The molecule has 0 saturated carbocycles. The van der Waals surface area contributed by atoms with Crippen LogP contribution in [0.2, 0.25) is 0 Å². The highest BCUT2D eigenvalue weighted by Crippen LogP contribution is 2.17. The number of aromatic nitrogens is 3. The van der Waals surface area contributed by atoms with Crippen molar-refractivity contribution in [2.24, 2.45) is 0 Å². The van der Waals surface area contributed by atoms with Gasteiger partial charge in [0.1, 0.15) is 0 Å². The minimum absolute atomic E-state index is 0.0905. The Morgan fingerprint density at radius 2 is 2.05 bits per heavy atom. The molecule has 0 atom stereocenters. The van der Waals surface area contributed by atoms with Crippen LogP contribution in [0.15, 0.2) is 48.9 Å². The molecule has 0 aliphatic carbocycles. The van der Waals surface area contributed by atoms with Crippen molar-refractivity contribution in [1.29, 1.82) is 0 Å². The first kappa shape index (κ1) is 13.9. The topological polar surface area (TPSA) is 87.7 Å². The lowest BCUT2D eigenvalue weighted by Crippen LogP contribution is -2.13. The summed E-state index contributed by atoms with van der Waals surface area (Å²) >= 11 is 0. The van der Waals surface area contributed by atoms with Crippen LogP contribution < -0.4 is 5.32 Å². The van der Waals surface area contributed by atoms with Crippen molar-refractivity contribution in [3.63, 3.8) is 0 Å². The van der Waals surface area contributed by atoms with Crippen molar-refractivity contribution in [3.05, 3.63) is 54.5 Å². The molecule has 1 aromatic carbocycles. The van der Waals surface area contributed by atoms with Crippen LogP contribution in [-0.4, -0.2) is 26.9 Å². The number of nitrogens with zero attached hydrogens (tertiary/aromatic N) is 2. The predicted molar refractivity (Wildman–Crippen MR) is 82.5 cm³/mol. The highest BCUT2D eigenvalue weighted by molar-refractivity contribution is 6.00. The third kappa shape index (κ3) is 3.17. The second-order valence-electron chi connectivity index (χ2n) is 4.89. The fourth-order valence-corrected chi connectivity index (χ4v) is 2.14. The summed E-state index contributed by atoms with van der Waals surface area (Å²) in [6, 6.07) is 8.88. The summed E-state index contributed by atoms with van der Waals surface area (Å²) in [6.45, 7) is 0. The second-order valence-corrected chi connectivity index (χ2v) is 4.89. The SMILES string of the molecule is O=C(CCC(=O)c1cccnc1)Nc1ccc2cn[nH]c2c1. The van der Waals surface area contributed by atoms with Gasteiger partial charge in [0.05, 0.1) is 11.7 Å². The zero-order chi connectivity index (χ0) is 15.4. The molecule has 2 N–H and O–H groups in total. The summed E-state index contributed by atoms with van der Waals surface area (Å²) in [5.74, 6) is -0.289. The minimum Gasteiger partial charge on any atom is -0.326 e. The maximum Gasteiger partial charge on any atom is 0.224 e. The van der Waals surface area contributed by atoms with E-state index in [1.165, 1.54) is 6.20 Å². The lowest BCUT2D eigenvalue weighted by molar-refractivity contribution is -0.116. The van der Waals surface area contributed by atoms with E-state index in [2.05, 4.69) is 20.5 Å². The van der Waals surface area contributed by atoms with Crippen molar-refractivity contribution in [1.82, 2.24) is 15.2 Å². The van der Waals surface area contributed by atoms with Crippen LogP contribution in [-0.2, 0) is 4.79 Å². The Morgan fingerprint density at radius 1 is 1.14 bits per heavy atom. The van der Waals surface area contributed by atoms with Gasteiger partial charge < -0.3 is 5.32 Å². The third-order valence-electron chi connectivity index (χ3n) is 3.29. The number of anilines is 1. The van der Waals surface area contributed by atoms with E-state index in [0.29, 0.717) is 11.3 Å². The number of ketones is 1. The van der Waals surface area contributed by atoms with Crippen molar-refractivity contribution < 1.29 is 9.59 Å². The van der Waals surface area contributed by atoms with Crippen molar-refractivity contribution in [3.8, 4) is 0 Å². The Bertz CT molecular complexity index is 811. The molecule has 3 rings (SSSR count). The molecule has 110 valence electrons. The van der Waals surface area contributed by atoms with E-state index >= 15 is 0 Å². The number of benzene rings is 1. The first-order valence-electron chi connectivity index (χ1n) is 6.88. The number of nitrogens with one attached hydrogen (secondary N) is 2. The molecule has 0 aliphatic heterocycles. The van der Waals surface area contributed by atoms with Gasteiger partial charge in [-0.15, -0.1) is 0 Å². The average Bonchev–Trinajstić information content (AvgIpc) is 3.01. The maximum absolute atomic E-state index is 11.9. The van der Waals surface area contributed by atoms with Crippen molar-refractivity contribution in [2.75, 3.05) is 5.32 Å². The maximum atomic E-state index is 11.9. The van der Waals surface area contributed by atoms with E-state index in [0.717, 1.165) is 10.9 Å². The smallest absolute Gasteiger partial charge is 0.224 e. The first-order valence-corrected chi connectivity index (χ1v) is 6.88. The lowest BCUT2D eigenvalue weighted by Gasteiger charge is -2.05. The van der Waals surface area contributed by atoms with Gasteiger partial charge in [-0.2, -0.15) is 5.10 Å². The van der Waals surface area contributed by atoms with Gasteiger partial charge in [0.15, 0.2) is 5.78 Å². The van der Waals surface area contributed by atoms with Crippen LogP contribution >= 0.6 is 0 Å². The monoisotopic (exact) mass is 294 g/mol. The van der Waals surface area contributed by atoms with E-state index in [1.54, 1.807) is 30.6 Å². The van der Waals surface area contributed by atoms with Gasteiger partial charge in [0, 0.05) is 41.9 Å². The van der Waals surface area contributed by atoms with Gasteiger partial charge in [0.25, 0.3) is 0 Å². The molecule has 0 bridgehead atoms. The van der Waals surface area contributed by atoms with Gasteiger partial charge in [-0.3, -0.25) is 19.7 Å². The van der Waals surface area contributed by atoms with Crippen LogP contribution in [0, 0.1) is 0 Å². The highest BCUT2D eigenvalue weighted by atomic mass is 16.2. The molecule has 2 aromatic heterocycles. The molecule has 0 fully saturated rings. The van der Waals surface area contributed by atoms with E-state index in [9.17, 15) is 9.59 Å². The number of pyridine rings is 1. The van der Waals surface area contributed by atoms with Gasteiger partial charge in [-0.1, -0.05) is 0 Å². The zero-order valence-electron chi connectivity index (χ0n) is 11.7. The standard InChI is InChI=1S/C16H14N4O2/c21-15(12-2-1-7-17-9-12)5-6-16(22)19-13-4-3-11-10-18-20-14(11)8-13/h1-4,7-10H,5-6H2,(H,18,20)(H,19,22). The van der Waals surface area contributed by atoms with Gasteiger partial charge in [-0.25, -0.2) is 0 Å². The van der Waals surface area contributed by atoms with Crippen LogP contribution in [0.1, 0.15) is 23.2 Å². The number of hydrogen-bond acceptors (Lipinski definition) is 4. The molecule has 0 saturated heterocycles. The number of hydrogen-bond donors (Lipinski definition) is 2. The number of Topliss-reactive ketones (excluding diaryl/α,β-unsaturated/α-hetero) is 1. The van der Waals surface area contributed by atoms with Gasteiger partial charge >= 0.3 is 0 Å². The summed E-state index contributed by atoms with van der Waals surface area (Å²) in [6.07, 6.45) is 5.12. The Hall–Kier alpha value is -3.02. The summed E-state index contributed by atoms with van der Waals surface area (Å²) in [5.41, 5.74) is 2.05. The molecule has 0 unspecified atom stereocenters. The number of amides is 1. The Morgan fingerprint density at radius 3 is 2.86 bits per heavy atom. The zero-order valence-corrected chi connectivity index (χ0v) is 11.7. The lowest BCUT2D eigenvalue weighted by atomic mass is 10.1. The van der Waals surface area contributed by atoms with Crippen molar-refractivity contribution >= 4 is 28.3 Å². The van der Waals surface area contributed by atoms with Gasteiger partial charge in [0.2, 0.25) is 5.91 Å². The second kappa shape index (κ2) is 6.17. The van der Waals surface area contributed by atoms with Crippen molar-refractivity contribution in [2.45, 2.75) is 12.8 Å². The number of aromatic amines is 1. The van der Waals surface area contributed by atoms with Gasteiger partial charge in [-0.05, 0) is 30.3 Å².